The molecule has 0 saturated heterocycles. The van der Waals surface area contributed by atoms with E-state index in [0.29, 0.717) is 25.1 Å². The number of phenolic OH excluding ortho intramolecular Hbond substituents is 1. The summed E-state index contributed by atoms with van der Waals surface area (Å²) in [7, 11) is 0. The largest absolute Gasteiger partial charge is 0.506 e. The van der Waals surface area contributed by atoms with Gasteiger partial charge in [-0.25, -0.2) is 0 Å². The van der Waals surface area contributed by atoms with Crippen LogP contribution < -0.4 is 5.32 Å². The molecule has 3 rings (SSSR count). The Hall–Kier alpha value is -2.35. The van der Waals surface area contributed by atoms with Crippen LogP contribution in [0.25, 0.3) is 0 Å². The number of aliphatic hydroxyl groups excluding tert-OH is 1. The Kier molecular flexibility index (Phi) is 6.86. The predicted octanol–water partition coefficient (Wildman–Crippen LogP) is 3.60. The fraction of sp³-hybridized carbons (Fsp3) is 0.350. The van der Waals surface area contributed by atoms with Crippen LogP contribution in [0.5, 0.6) is 5.75 Å². The van der Waals surface area contributed by atoms with E-state index in [-0.39, 0.29) is 24.0 Å². The molecule has 0 saturated carbocycles. The van der Waals surface area contributed by atoms with Crippen molar-refractivity contribution >= 4 is 22.9 Å². The molecule has 0 unspecified atom stereocenters. The van der Waals surface area contributed by atoms with Crippen LogP contribution in [0.1, 0.15) is 30.7 Å². The molecule has 0 spiro atoms. The lowest BCUT2D eigenvalue weighted by molar-refractivity contribution is -0.143. The molecule has 2 aromatic rings. The van der Waals surface area contributed by atoms with Gasteiger partial charge in [-0.2, -0.15) is 11.3 Å². The highest BCUT2D eigenvalue weighted by Gasteiger charge is 2.29. The zero-order valence-corrected chi connectivity index (χ0v) is 15.7. The molecule has 1 aliphatic rings. The maximum Gasteiger partial charge on any atom is 0.290 e. The first-order valence-electron chi connectivity index (χ1n) is 8.89. The lowest BCUT2D eigenvalue weighted by atomic mass is 9.95. The van der Waals surface area contributed by atoms with Crippen molar-refractivity contribution in [1.29, 1.82) is 0 Å². The molecule has 27 heavy (non-hydrogen) atoms. The van der Waals surface area contributed by atoms with E-state index in [9.17, 15) is 9.90 Å². The summed E-state index contributed by atoms with van der Waals surface area (Å²) in [6, 6.07) is 8.57. The first kappa shape index (κ1) is 19.4. The Morgan fingerprint density at radius 2 is 2.15 bits per heavy atom. The number of phenols is 1. The van der Waals surface area contributed by atoms with Crippen LogP contribution in [0, 0.1) is 0 Å². The minimum absolute atomic E-state index is 0.00607. The predicted molar refractivity (Wildman–Crippen MR) is 104 cm³/mol. The molecule has 2 heterocycles. The number of rotatable bonds is 8. The number of carbonyl (C=O) groups is 1. The highest BCUT2D eigenvalue weighted by atomic mass is 32.1. The summed E-state index contributed by atoms with van der Waals surface area (Å²) in [5, 5.41) is 25.5. The second-order valence-corrected chi connectivity index (χ2v) is 7.03. The SMILES string of the molecule is O=C(Nc1ccccc1O)C1=C[C@H](c2ccsc2)C[C@H](OCCCCO)O1. The van der Waals surface area contributed by atoms with Gasteiger partial charge in [-0.1, -0.05) is 12.1 Å². The van der Waals surface area contributed by atoms with Gasteiger partial charge in [0.25, 0.3) is 5.91 Å². The molecule has 1 aromatic carbocycles. The molecule has 1 amide bonds. The average Bonchev–Trinajstić information content (AvgIpc) is 3.22. The summed E-state index contributed by atoms with van der Waals surface area (Å²) < 4.78 is 11.5. The van der Waals surface area contributed by atoms with Gasteiger partial charge in [-0.15, -0.1) is 0 Å². The number of hydrogen-bond acceptors (Lipinski definition) is 6. The van der Waals surface area contributed by atoms with Crippen LogP contribution in [0.2, 0.25) is 0 Å². The van der Waals surface area contributed by atoms with E-state index in [1.54, 1.807) is 35.6 Å². The van der Waals surface area contributed by atoms with E-state index < -0.39 is 12.2 Å². The average molecular weight is 389 g/mol. The molecule has 2 atom stereocenters. The fourth-order valence-corrected chi connectivity index (χ4v) is 3.55. The molecule has 0 aliphatic carbocycles. The number of amides is 1. The monoisotopic (exact) mass is 389 g/mol. The standard InChI is InChI=1S/C20H23NO5S/c22-8-3-4-9-25-19-12-15(14-7-10-27-13-14)11-18(26-19)20(24)21-16-5-1-2-6-17(16)23/h1-2,5-7,10-11,13,15,19,22-23H,3-4,8-9,12H2,(H,21,24)/t15-,19+/m0/s1. The van der Waals surface area contributed by atoms with Gasteiger partial charge in [0.2, 0.25) is 6.29 Å². The summed E-state index contributed by atoms with van der Waals surface area (Å²) in [6.45, 7) is 0.580. The Bertz CT molecular complexity index is 774. The molecule has 144 valence electrons. The van der Waals surface area contributed by atoms with Crippen molar-refractivity contribution < 1.29 is 24.5 Å². The molecule has 1 aliphatic heterocycles. The number of hydrogen-bond donors (Lipinski definition) is 3. The minimum atomic E-state index is -0.538. The third kappa shape index (κ3) is 5.32. The Morgan fingerprint density at radius 1 is 1.30 bits per heavy atom. The zero-order valence-electron chi connectivity index (χ0n) is 14.8. The number of carbonyl (C=O) groups excluding carboxylic acids is 1. The van der Waals surface area contributed by atoms with Gasteiger partial charge in [-0.05, 0) is 53.4 Å². The molecular formula is C20H23NO5S. The third-order valence-electron chi connectivity index (χ3n) is 4.26. The molecule has 0 radical (unpaired) electrons. The highest BCUT2D eigenvalue weighted by Crippen LogP contribution is 2.33. The van der Waals surface area contributed by atoms with E-state index in [1.807, 2.05) is 16.8 Å². The van der Waals surface area contributed by atoms with Gasteiger partial charge in [0.05, 0.1) is 12.3 Å². The molecule has 0 fully saturated rings. The van der Waals surface area contributed by atoms with E-state index in [1.165, 1.54) is 6.07 Å². The lowest BCUT2D eigenvalue weighted by Crippen LogP contribution is -2.29. The number of anilines is 1. The zero-order chi connectivity index (χ0) is 19.1. The molecule has 6 nitrogen and oxygen atoms in total. The number of allylic oxidation sites excluding steroid dienone is 1. The van der Waals surface area contributed by atoms with Crippen LogP contribution in [-0.4, -0.2) is 35.6 Å². The molecule has 3 N–H and O–H groups in total. The normalized spacial score (nSPS) is 19.2. The van der Waals surface area contributed by atoms with Gasteiger partial charge in [0.15, 0.2) is 5.76 Å². The number of para-hydroxylation sites is 2. The van der Waals surface area contributed by atoms with Crippen LogP contribution in [-0.2, 0) is 14.3 Å². The Balaban J connectivity index is 1.72. The van der Waals surface area contributed by atoms with Gasteiger partial charge in [0, 0.05) is 18.9 Å². The minimum Gasteiger partial charge on any atom is -0.506 e. The van der Waals surface area contributed by atoms with Gasteiger partial charge in [-0.3, -0.25) is 4.79 Å². The summed E-state index contributed by atoms with van der Waals surface area (Å²) in [5.74, 6) is -0.250. The maximum atomic E-state index is 12.7. The van der Waals surface area contributed by atoms with Crippen molar-refractivity contribution in [1.82, 2.24) is 0 Å². The van der Waals surface area contributed by atoms with Gasteiger partial charge in [0.1, 0.15) is 5.75 Å². The second kappa shape index (κ2) is 9.55. The third-order valence-corrected chi connectivity index (χ3v) is 4.96. The first-order valence-corrected chi connectivity index (χ1v) is 9.84. The summed E-state index contributed by atoms with van der Waals surface area (Å²) in [6.07, 6.45) is 3.26. The van der Waals surface area contributed by atoms with E-state index in [4.69, 9.17) is 14.6 Å². The molecule has 1 aromatic heterocycles. The maximum absolute atomic E-state index is 12.7. The van der Waals surface area contributed by atoms with Crippen molar-refractivity contribution in [3.05, 3.63) is 58.5 Å². The van der Waals surface area contributed by atoms with E-state index in [2.05, 4.69) is 5.32 Å². The van der Waals surface area contributed by atoms with Crippen LogP contribution >= 0.6 is 11.3 Å². The second-order valence-electron chi connectivity index (χ2n) is 6.25. The molecular weight excluding hydrogens is 366 g/mol. The molecule has 0 bridgehead atoms. The fourth-order valence-electron chi connectivity index (χ4n) is 2.83. The van der Waals surface area contributed by atoms with Crippen molar-refractivity contribution in [2.45, 2.75) is 31.5 Å². The van der Waals surface area contributed by atoms with Crippen LogP contribution in [0.15, 0.2) is 52.9 Å². The van der Waals surface area contributed by atoms with Crippen LogP contribution in [0.4, 0.5) is 5.69 Å². The van der Waals surface area contributed by atoms with E-state index >= 15 is 0 Å². The summed E-state index contributed by atoms with van der Waals surface area (Å²) >= 11 is 1.60. The lowest BCUT2D eigenvalue weighted by Gasteiger charge is -2.29. The van der Waals surface area contributed by atoms with Crippen molar-refractivity contribution in [3.8, 4) is 5.75 Å². The van der Waals surface area contributed by atoms with Gasteiger partial charge < -0.3 is 25.0 Å². The van der Waals surface area contributed by atoms with Crippen molar-refractivity contribution in [2.75, 3.05) is 18.5 Å². The van der Waals surface area contributed by atoms with Crippen molar-refractivity contribution in [2.24, 2.45) is 0 Å². The van der Waals surface area contributed by atoms with Gasteiger partial charge >= 0.3 is 0 Å². The number of aromatic hydroxyl groups is 1. The summed E-state index contributed by atoms with van der Waals surface area (Å²) in [4.78, 5) is 12.7. The quantitative estimate of drug-likeness (QED) is 0.474. The number of thiophene rings is 1. The highest BCUT2D eigenvalue weighted by molar-refractivity contribution is 7.08. The smallest absolute Gasteiger partial charge is 0.290 e. The number of unbranched alkanes of at least 4 members (excludes halogenated alkanes) is 1. The number of aliphatic hydroxyl groups is 1. The van der Waals surface area contributed by atoms with Crippen molar-refractivity contribution in [3.63, 3.8) is 0 Å². The Morgan fingerprint density at radius 3 is 2.89 bits per heavy atom. The number of nitrogens with one attached hydrogen (secondary N) is 1. The van der Waals surface area contributed by atoms with Crippen LogP contribution in [0.3, 0.4) is 0 Å². The van der Waals surface area contributed by atoms with E-state index in [0.717, 1.165) is 12.0 Å². The Labute approximate surface area is 162 Å². The first-order chi connectivity index (χ1) is 13.2. The molecule has 7 heteroatoms. The number of ether oxygens (including phenoxy) is 2. The number of benzene rings is 1. The topological polar surface area (TPSA) is 88.0 Å². The summed E-state index contributed by atoms with van der Waals surface area (Å²) in [5.41, 5.74) is 1.44.